The second-order valence-corrected chi connectivity index (χ2v) is 6.87. The maximum absolute atomic E-state index is 14.4. The van der Waals surface area contributed by atoms with Gasteiger partial charge in [0.05, 0.1) is 22.6 Å². The summed E-state index contributed by atoms with van der Waals surface area (Å²) in [4.78, 5) is 23.2. The second kappa shape index (κ2) is 6.67. The Kier molecular flexibility index (Phi) is 4.58. The lowest BCUT2D eigenvalue weighted by Gasteiger charge is -2.18. The third kappa shape index (κ3) is 3.87. The van der Waals surface area contributed by atoms with Gasteiger partial charge >= 0.3 is 0 Å². The number of nitrogens with two attached hydrogens (primary N) is 2. The highest BCUT2D eigenvalue weighted by atomic mass is 32.1. The lowest BCUT2D eigenvalue weighted by molar-refractivity contribution is -0.119. The summed E-state index contributed by atoms with van der Waals surface area (Å²) in [7, 11) is 0. The van der Waals surface area contributed by atoms with Gasteiger partial charge in [-0.25, -0.2) is 4.39 Å². The van der Waals surface area contributed by atoms with Gasteiger partial charge in [0.25, 0.3) is 5.91 Å². The maximum atomic E-state index is 14.4. The number of nitrogens with zero attached hydrogens (tertiary/aromatic N) is 1. The van der Waals surface area contributed by atoms with Gasteiger partial charge in [-0.2, -0.15) is 4.37 Å². The van der Waals surface area contributed by atoms with Crippen molar-refractivity contribution in [2.75, 3.05) is 10.6 Å². The van der Waals surface area contributed by atoms with E-state index >= 15 is 0 Å². The topological polar surface area (TPSA) is 123 Å². The van der Waals surface area contributed by atoms with Crippen molar-refractivity contribution in [3.8, 4) is 0 Å². The Hall–Kier alpha value is -2.68. The molecule has 1 heterocycles. The molecule has 0 bridgehead atoms. The van der Waals surface area contributed by atoms with Crippen molar-refractivity contribution >= 4 is 39.7 Å². The van der Waals surface area contributed by atoms with E-state index in [9.17, 15) is 14.0 Å². The third-order valence-corrected chi connectivity index (χ3v) is 4.77. The third-order valence-electron chi connectivity index (χ3n) is 3.97. The minimum absolute atomic E-state index is 0.0103. The SMILES string of the molecule is Cc1cc(Nc2cc(NC(C(N)=O)C3CC3)c(F)cc2C(N)=O)sn1. The van der Waals surface area contributed by atoms with Crippen molar-refractivity contribution in [2.45, 2.75) is 25.8 Å². The molecule has 0 spiro atoms. The average molecular weight is 363 g/mol. The average Bonchev–Trinajstić information content (AvgIpc) is 3.29. The van der Waals surface area contributed by atoms with Crippen LogP contribution in [-0.2, 0) is 4.79 Å². The zero-order chi connectivity index (χ0) is 18.1. The standard InChI is InChI=1S/C16H18FN5O2S/c1-7-4-13(25-22-7)20-11-6-12(10(17)5-9(11)15(18)23)21-14(16(19)24)8-2-3-8/h4-6,8,14,20-21H,2-3H2,1H3,(H2,18,23)(H2,19,24). The molecule has 1 aromatic carbocycles. The number of nitrogens with one attached hydrogen (secondary N) is 2. The molecule has 2 aromatic rings. The van der Waals surface area contributed by atoms with Crippen LogP contribution < -0.4 is 22.1 Å². The number of anilines is 3. The number of hydrogen-bond acceptors (Lipinski definition) is 6. The van der Waals surface area contributed by atoms with Crippen LogP contribution in [-0.4, -0.2) is 22.2 Å². The largest absolute Gasteiger partial charge is 0.371 e. The van der Waals surface area contributed by atoms with Gasteiger partial charge in [0.2, 0.25) is 5.91 Å². The molecular formula is C16H18FN5O2S. The van der Waals surface area contributed by atoms with Crippen LogP contribution in [0.3, 0.4) is 0 Å². The van der Waals surface area contributed by atoms with E-state index in [0.29, 0.717) is 10.7 Å². The van der Waals surface area contributed by atoms with Crippen molar-refractivity contribution < 1.29 is 14.0 Å². The molecule has 1 aliphatic carbocycles. The summed E-state index contributed by atoms with van der Waals surface area (Å²) in [5.41, 5.74) is 12.0. The fourth-order valence-corrected chi connectivity index (χ4v) is 3.24. The number of primary amides is 2. The Morgan fingerprint density at radius 2 is 2.00 bits per heavy atom. The Morgan fingerprint density at radius 3 is 2.52 bits per heavy atom. The molecule has 0 radical (unpaired) electrons. The highest BCUT2D eigenvalue weighted by molar-refractivity contribution is 7.10. The molecule has 1 aliphatic rings. The van der Waals surface area contributed by atoms with E-state index < -0.39 is 23.7 Å². The summed E-state index contributed by atoms with van der Waals surface area (Å²) in [6, 6.07) is 3.61. The van der Waals surface area contributed by atoms with Crippen LogP contribution >= 0.6 is 11.5 Å². The molecular weight excluding hydrogens is 345 g/mol. The van der Waals surface area contributed by atoms with E-state index in [0.717, 1.165) is 24.6 Å². The van der Waals surface area contributed by atoms with Gasteiger partial charge in [0, 0.05) is 0 Å². The van der Waals surface area contributed by atoms with Crippen molar-refractivity contribution in [3.05, 3.63) is 35.3 Å². The van der Waals surface area contributed by atoms with E-state index in [4.69, 9.17) is 11.5 Å². The summed E-state index contributed by atoms with van der Waals surface area (Å²) >= 11 is 1.21. The van der Waals surface area contributed by atoms with Crippen molar-refractivity contribution in [1.29, 1.82) is 0 Å². The molecule has 7 nitrogen and oxygen atoms in total. The molecule has 2 amide bonds. The molecule has 1 atom stereocenters. The zero-order valence-corrected chi connectivity index (χ0v) is 14.3. The molecule has 3 rings (SSSR count). The van der Waals surface area contributed by atoms with Crippen LogP contribution in [0.5, 0.6) is 0 Å². The highest BCUT2D eigenvalue weighted by Gasteiger charge is 2.35. The van der Waals surface area contributed by atoms with Crippen LogP contribution in [0.1, 0.15) is 28.9 Å². The Balaban J connectivity index is 1.94. The molecule has 1 saturated carbocycles. The molecule has 0 saturated heterocycles. The van der Waals surface area contributed by atoms with Crippen molar-refractivity contribution in [2.24, 2.45) is 17.4 Å². The van der Waals surface area contributed by atoms with E-state index in [1.807, 2.05) is 6.92 Å². The molecule has 1 fully saturated rings. The van der Waals surface area contributed by atoms with Gasteiger partial charge in [-0.3, -0.25) is 9.59 Å². The number of amides is 2. The lowest BCUT2D eigenvalue weighted by Crippen LogP contribution is -2.37. The van der Waals surface area contributed by atoms with Crippen LogP contribution in [0.25, 0.3) is 0 Å². The first kappa shape index (κ1) is 17.2. The van der Waals surface area contributed by atoms with Gasteiger partial charge in [0.15, 0.2) is 0 Å². The number of halogens is 1. The number of rotatable bonds is 7. The predicted molar refractivity (Wildman–Crippen MR) is 94.4 cm³/mol. The minimum Gasteiger partial charge on any atom is -0.371 e. The number of aryl methyl sites for hydroxylation is 1. The van der Waals surface area contributed by atoms with Crippen LogP contribution in [0, 0.1) is 18.7 Å². The Labute approximate surface area is 147 Å². The molecule has 25 heavy (non-hydrogen) atoms. The smallest absolute Gasteiger partial charge is 0.250 e. The van der Waals surface area contributed by atoms with Gasteiger partial charge in [-0.15, -0.1) is 0 Å². The summed E-state index contributed by atoms with van der Waals surface area (Å²) in [5, 5.41) is 6.56. The number of benzene rings is 1. The summed E-state index contributed by atoms with van der Waals surface area (Å²) in [5.74, 6) is -1.86. The van der Waals surface area contributed by atoms with Crippen LogP contribution in [0.2, 0.25) is 0 Å². The zero-order valence-electron chi connectivity index (χ0n) is 13.5. The Bertz CT molecular complexity index is 834. The van der Waals surface area contributed by atoms with Gasteiger partial charge in [-0.1, -0.05) is 0 Å². The first-order chi connectivity index (χ1) is 11.8. The van der Waals surface area contributed by atoms with E-state index in [2.05, 4.69) is 15.0 Å². The van der Waals surface area contributed by atoms with Gasteiger partial charge < -0.3 is 22.1 Å². The second-order valence-electron chi connectivity index (χ2n) is 6.06. The number of aromatic nitrogens is 1. The Morgan fingerprint density at radius 1 is 1.28 bits per heavy atom. The summed E-state index contributed by atoms with van der Waals surface area (Å²) < 4.78 is 18.5. The highest BCUT2D eigenvalue weighted by Crippen LogP contribution is 2.36. The number of carbonyl (C=O) groups is 2. The molecule has 6 N–H and O–H groups in total. The lowest BCUT2D eigenvalue weighted by atomic mass is 10.1. The molecule has 1 aromatic heterocycles. The quantitative estimate of drug-likeness (QED) is 0.600. The van der Waals surface area contributed by atoms with E-state index in [-0.39, 0.29) is 17.2 Å². The molecule has 0 aliphatic heterocycles. The van der Waals surface area contributed by atoms with Crippen LogP contribution in [0.15, 0.2) is 18.2 Å². The molecule has 1 unspecified atom stereocenters. The van der Waals surface area contributed by atoms with Crippen LogP contribution in [0.4, 0.5) is 20.8 Å². The number of carbonyl (C=O) groups excluding carboxylic acids is 2. The van der Waals surface area contributed by atoms with Crippen molar-refractivity contribution in [3.63, 3.8) is 0 Å². The van der Waals surface area contributed by atoms with E-state index in [1.54, 1.807) is 6.07 Å². The van der Waals surface area contributed by atoms with E-state index in [1.165, 1.54) is 17.6 Å². The first-order valence-electron chi connectivity index (χ1n) is 7.74. The fourth-order valence-electron chi connectivity index (χ4n) is 2.56. The fraction of sp³-hybridized carbons (Fsp3) is 0.312. The van der Waals surface area contributed by atoms with Gasteiger partial charge in [-0.05, 0) is 55.4 Å². The summed E-state index contributed by atoms with van der Waals surface area (Å²) in [6.07, 6.45) is 1.74. The normalized spacial score (nSPS) is 14.8. The molecule has 132 valence electrons. The van der Waals surface area contributed by atoms with Gasteiger partial charge in [0.1, 0.15) is 16.9 Å². The molecule has 9 heteroatoms. The number of hydrogen-bond donors (Lipinski definition) is 4. The monoisotopic (exact) mass is 363 g/mol. The first-order valence-corrected chi connectivity index (χ1v) is 8.52. The summed E-state index contributed by atoms with van der Waals surface area (Å²) in [6.45, 7) is 1.83. The predicted octanol–water partition coefficient (Wildman–Crippen LogP) is 2.11. The minimum atomic E-state index is -0.761. The maximum Gasteiger partial charge on any atom is 0.250 e. The van der Waals surface area contributed by atoms with Crippen molar-refractivity contribution in [1.82, 2.24) is 4.37 Å².